The molecule has 2 aliphatic carbocycles. The third-order valence-electron chi connectivity index (χ3n) is 10.0. The Morgan fingerprint density at radius 3 is 2.29 bits per heavy atom. The van der Waals surface area contributed by atoms with Crippen LogP contribution in [0, 0.1) is 0 Å². The van der Waals surface area contributed by atoms with E-state index in [1.165, 1.54) is 55.5 Å². The van der Waals surface area contributed by atoms with E-state index in [1.807, 2.05) is 0 Å². The van der Waals surface area contributed by atoms with Crippen LogP contribution in [0.3, 0.4) is 0 Å². The van der Waals surface area contributed by atoms with E-state index in [2.05, 4.69) is 164 Å². The average Bonchev–Trinajstić information content (AvgIpc) is 3.59. The van der Waals surface area contributed by atoms with Crippen molar-refractivity contribution in [2.24, 2.45) is 0 Å². The van der Waals surface area contributed by atoms with Crippen LogP contribution in [0.2, 0.25) is 0 Å². The quantitative estimate of drug-likeness (QED) is 0.206. The number of anilines is 3. The first-order valence-electron chi connectivity index (χ1n) is 15.9. The molecule has 1 unspecified atom stereocenters. The van der Waals surface area contributed by atoms with Crippen molar-refractivity contribution >= 4 is 44.9 Å². The first kappa shape index (κ1) is 26.1. The van der Waals surface area contributed by atoms with E-state index in [0.717, 1.165) is 28.8 Å². The van der Waals surface area contributed by atoms with Gasteiger partial charge in [-0.3, -0.25) is 0 Å². The highest BCUT2D eigenvalue weighted by Crippen LogP contribution is 2.55. The molecule has 2 aliphatic rings. The monoisotopic (exact) mass is 579 g/mol. The Morgan fingerprint density at radius 1 is 0.644 bits per heavy atom. The summed E-state index contributed by atoms with van der Waals surface area (Å²) in [5.74, 6) is 1.13. The van der Waals surface area contributed by atoms with Gasteiger partial charge in [-0.25, -0.2) is 0 Å². The molecule has 1 heterocycles. The lowest BCUT2D eigenvalue weighted by Crippen LogP contribution is -2.17. The normalized spacial score (nSPS) is 16.0. The Hall–Kier alpha value is -5.34. The summed E-state index contributed by atoms with van der Waals surface area (Å²) in [6, 6.07) is 48.4. The number of fused-ring (bicyclic) bond motifs is 8. The van der Waals surface area contributed by atoms with Crippen molar-refractivity contribution in [1.29, 1.82) is 0 Å². The van der Waals surface area contributed by atoms with E-state index in [-0.39, 0.29) is 11.3 Å². The first-order valence-corrected chi connectivity index (χ1v) is 15.9. The van der Waals surface area contributed by atoms with E-state index < -0.39 is 0 Å². The lowest BCUT2D eigenvalue weighted by atomic mass is 9.82. The summed E-state index contributed by atoms with van der Waals surface area (Å²) in [6.07, 6.45) is 5.46. The Balaban J connectivity index is 1.28. The molecule has 2 heteroatoms. The van der Waals surface area contributed by atoms with Gasteiger partial charge in [-0.2, -0.15) is 0 Å². The molecule has 0 N–H and O–H groups in total. The first-order chi connectivity index (χ1) is 22.1. The fourth-order valence-corrected chi connectivity index (χ4v) is 7.88. The molecule has 0 bridgehead atoms. The molecule has 0 aliphatic heterocycles. The van der Waals surface area contributed by atoms with Gasteiger partial charge in [0, 0.05) is 38.9 Å². The zero-order valence-electron chi connectivity index (χ0n) is 25.5. The maximum atomic E-state index is 6.89. The van der Waals surface area contributed by atoms with Crippen molar-refractivity contribution in [3.63, 3.8) is 0 Å². The van der Waals surface area contributed by atoms with Crippen LogP contribution < -0.4 is 4.90 Å². The predicted octanol–water partition coefficient (Wildman–Crippen LogP) is 11.9. The Morgan fingerprint density at radius 2 is 1.38 bits per heavy atom. The minimum atomic E-state index is -0.0794. The van der Waals surface area contributed by atoms with Crippen LogP contribution in [0.5, 0.6) is 0 Å². The van der Waals surface area contributed by atoms with Crippen molar-refractivity contribution in [3.8, 4) is 11.1 Å². The van der Waals surface area contributed by atoms with Crippen molar-refractivity contribution in [3.05, 3.63) is 168 Å². The van der Waals surface area contributed by atoms with Crippen molar-refractivity contribution in [2.45, 2.75) is 31.6 Å². The molecule has 45 heavy (non-hydrogen) atoms. The number of benzene rings is 6. The summed E-state index contributed by atoms with van der Waals surface area (Å²) in [4.78, 5) is 2.47. The van der Waals surface area contributed by atoms with Crippen LogP contribution in [0.1, 0.15) is 54.2 Å². The second-order valence-corrected chi connectivity index (χ2v) is 12.8. The smallest absolute Gasteiger partial charge is 0.142 e. The van der Waals surface area contributed by atoms with Gasteiger partial charge < -0.3 is 9.32 Å². The number of rotatable bonds is 4. The Kier molecular flexibility index (Phi) is 5.70. The fourth-order valence-electron chi connectivity index (χ4n) is 7.88. The van der Waals surface area contributed by atoms with Crippen LogP contribution in [0.15, 0.2) is 144 Å². The SMILES string of the molecule is CC1(C)c2ccccc2-c2c(N(c3ccccc3)c3ccccc3C3CC=Cc4c3oc3c4ccc4ccccc43)cccc21. The van der Waals surface area contributed by atoms with Crippen molar-refractivity contribution in [1.82, 2.24) is 0 Å². The third kappa shape index (κ3) is 3.82. The molecule has 0 radical (unpaired) electrons. The second kappa shape index (κ2) is 9.84. The summed E-state index contributed by atoms with van der Waals surface area (Å²) in [5.41, 5.74) is 12.3. The molecule has 1 atom stereocenters. The summed E-state index contributed by atoms with van der Waals surface area (Å²) in [5, 5.41) is 3.55. The molecule has 2 nitrogen and oxygen atoms in total. The van der Waals surface area contributed by atoms with Crippen LogP contribution >= 0.6 is 0 Å². The molecular weight excluding hydrogens is 546 g/mol. The van der Waals surface area contributed by atoms with Gasteiger partial charge in [-0.05, 0) is 64.4 Å². The maximum absolute atomic E-state index is 6.89. The summed E-state index contributed by atoms with van der Waals surface area (Å²) in [7, 11) is 0. The van der Waals surface area contributed by atoms with Gasteiger partial charge in [0.25, 0.3) is 0 Å². The second-order valence-electron chi connectivity index (χ2n) is 12.8. The van der Waals surface area contributed by atoms with E-state index in [4.69, 9.17) is 4.42 Å². The lowest BCUT2D eigenvalue weighted by molar-refractivity contribution is 0.519. The van der Waals surface area contributed by atoms with Crippen LogP contribution in [0.4, 0.5) is 17.1 Å². The maximum Gasteiger partial charge on any atom is 0.142 e. The average molecular weight is 580 g/mol. The van der Waals surface area contributed by atoms with E-state index in [9.17, 15) is 0 Å². The molecule has 0 fully saturated rings. The largest absolute Gasteiger partial charge is 0.459 e. The number of hydrogen-bond acceptors (Lipinski definition) is 2. The predicted molar refractivity (Wildman–Crippen MR) is 188 cm³/mol. The van der Waals surface area contributed by atoms with Crippen molar-refractivity contribution in [2.75, 3.05) is 4.90 Å². The highest BCUT2D eigenvalue weighted by Gasteiger charge is 2.38. The van der Waals surface area contributed by atoms with Gasteiger partial charge in [-0.1, -0.05) is 129 Å². The molecule has 1 aromatic heterocycles. The number of hydrogen-bond donors (Lipinski definition) is 0. The molecule has 6 aromatic carbocycles. The molecular formula is C43H33NO. The molecule has 216 valence electrons. The summed E-state index contributed by atoms with van der Waals surface area (Å²) < 4.78 is 6.89. The highest BCUT2D eigenvalue weighted by molar-refractivity contribution is 6.07. The molecule has 0 spiro atoms. The minimum absolute atomic E-state index is 0.0794. The Labute approximate surface area is 263 Å². The van der Waals surface area contributed by atoms with Gasteiger partial charge in [0.05, 0.1) is 11.4 Å². The third-order valence-corrected chi connectivity index (χ3v) is 10.0. The number of para-hydroxylation sites is 2. The van der Waals surface area contributed by atoms with Gasteiger partial charge >= 0.3 is 0 Å². The Bertz CT molecular complexity index is 2290. The van der Waals surface area contributed by atoms with E-state index >= 15 is 0 Å². The van der Waals surface area contributed by atoms with Gasteiger partial charge in [0.15, 0.2) is 0 Å². The van der Waals surface area contributed by atoms with E-state index in [0.29, 0.717) is 0 Å². The minimum Gasteiger partial charge on any atom is -0.459 e. The molecule has 0 amide bonds. The summed E-state index contributed by atoms with van der Waals surface area (Å²) >= 11 is 0. The van der Waals surface area contributed by atoms with Crippen LogP contribution in [0.25, 0.3) is 38.9 Å². The van der Waals surface area contributed by atoms with Crippen LogP contribution in [-0.2, 0) is 5.41 Å². The number of allylic oxidation sites excluding steroid dienone is 1. The topological polar surface area (TPSA) is 16.4 Å². The molecule has 9 rings (SSSR count). The number of furan rings is 1. The standard InChI is InChI=1S/C43H33NO/c1-43(2)36-22-10-8-19-35(36)40-37(43)23-13-25-39(40)44(29-15-4-3-5-16-29)38-24-11-9-18-31(38)32-20-12-21-33-34-27-26-28-14-6-7-17-30(28)41(34)45-42(32)33/h3-19,21-27,32H,20H2,1-2H3. The molecule has 0 saturated heterocycles. The zero-order chi connectivity index (χ0) is 30.1. The van der Waals surface area contributed by atoms with Gasteiger partial charge in [0.1, 0.15) is 11.3 Å². The van der Waals surface area contributed by atoms with Crippen LogP contribution in [-0.4, -0.2) is 0 Å². The fraction of sp³-hybridized carbons (Fsp3) is 0.116. The number of nitrogens with zero attached hydrogens (tertiary/aromatic N) is 1. The molecule has 0 saturated carbocycles. The molecule has 7 aromatic rings. The van der Waals surface area contributed by atoms with Gasteiger partial charge in [0.2, 0.25) is 0 Å². The summed E-state index contributed by atoms with van der Waals surface area (Å²) in [6.45, 7) is 4.70. The van der Waals surface area contributed by atoms with Crippen molar-refractivity contribution < 1.29 is 4.42 Å². The van der Waals surface area contributed by atoms with E-state index in [1.54, 1.807) is 0 Å². The highest BCUT2D eigenvalue weighted by atomic mass is 16.3. The zero-order valence-corrected chi connectivity index (χ0v) is 25.5. The van der Waals surface area contributed by atoms with Gasteiger partial charge in [-0.15, -0.1) is 0 Å². The lowest BCUT2D eigenvalue weighted by Gasteiger charge is -2.32.